The summed E-state index contributed by atoms with van der Waals surface area (Å²) in [4.78, 5) is 61.9. The molecule has 0 unspecified atom stereocenters. The van der Waals surface area contributed by atoms with Crippen molar-refractivity contribution in [3.05, 3.63) is 70.0 Å². The molecule has 1 aliphatic heterocycles. The molecule has 0 aliphatic carbocycles. The van der Waals surface area contributed by atoms with Crippen LogP contribution in [0, 0.1) is 6.92 Å². The van der Waals surface area contributed by atoms with Crippen molar-refractivity contribution < 1.29 is 33.1 Å². The second-order valence-corrected chi connectivity index (χ2v) is 8.16. The number of thiophene rings is 1. The smallest absolute Gasteiger partial charge is 0.349 e. The fourth-order valence-electron chi connectivity index (χ4n) is 3.16. The van der Waals surface area contributed by atoms with Crippen LogP contribution in [0.25, 0.3) is 0 Å². The van der Waals surface area contributed by atoms with Gasteiger partial charge >= 0.3 is 5.97 Å². The third-order valence-corrected chi connectivity index (χ3v) is 5.93. The largest absolute Gasteiger partial charge is 0.459 e. The lowest BCUT2D eigenvalue weighted by molar-refractivity contribution is -0.119. The molecule has 0 bridgehead atoms. The summed E-state index contributed by atoms with van der Waals surface area (Å²) >= 11 is 1.01. The molecule has 0 fully saturated rings. The van der Waals surface area contributed by atoms with Crippen molar-refractivity contribution in [2.45, 2.75) is 6.92 Å². The Balaban J connectivity index is 1.34. The molecule has 4 amide bonds. The molecule has 11 heteroatoms. The number of furan rings is 1. The Kier molecular flexibility index (Phi) is 5.80. The summed E-state index contributed by atoms with van der Waals surface area (Å²) in [5.41, 5.74) is 1.32. The van der Waals surface area contributed by atoms with Gasteiger partial charge in [0.15, 0.2) is 12.4 Å². The number of nitrogens with zero attached hydrogens (tertiary/aromatic N) is 1. The molecule has 0 saturated carbocycles. The molecule has 3 aromatic rings. The Morgan fingerprint density at radius 3 is 2.55 bits per heavy atom. The number of esters is 1. The van der Waals surface area contributed by atoms with E-state index < -0.39 is 36.2 Å². The van der Waals surface area contributed by atoms with E-state index in [0.717, 1.165) is 16.2 Å². The SMILES string of the molecule is Cc1cc(NC(=O)c2ccco2)sc1C(=O)OCC(=O)Nc1ccc2c(c1)C(=O)N(C)C2=O. The number of benzene rings is 1. The van der Waals surface area contributed by atoms with Crippen LogP contribution in [-0.4, -0.2) is 48.2 Å². The van der Waals surface area contributed by atoms with Crippen LogP contribution in [0.4, 0.5) is 10.7 Å². The molecular formula is C22H17N3O7S. The lowest BCUT2D eigenvalue weighted by Crippen LogP contribution is -2.24. The normalized spacial score (nSPS) is 12.5. The number of hydrogen-bond donors (Lipinski definition) is 2. The number of fused-ring (bicyclic) bond motifs is 1. The van der Waals surface area contributed by atoms with Crippen LogP contribution in [0.15, 0.2) is 47.1 Å². The van der Waals surface area contributed by atoms with E-state index in [-0.39, 0.29) is 21.8 Å². The monoisotopic (exact) mass is 467 g/mol. The number of imide groups is 1. The zero-order valence-electron chi connectivity index (χ0n) is 17.5. The quantitative estimate of drug-likeness (QED) is 0.420. The number of amides is 4. The highest BCUT2D eigenvalue weighted by atomic mass is 32.1. The average molecular weight is 467 g/mol. The summed E-state index contributed by atoms with van der Waals surface area (Å²) < 4.78 is 10.1. The molecule has 1 aliphatic rings. The molecule has 2 N–H and O–H groups in total. The Hall–Kier alpha value is -4.25. The van der Waals surface area contributed by atoms with Crippen molar-refractivity contribution in [2.24, 2.45) is 0 Å². The predicted molar refractivity (Wildman–Crippen MR) is 117 cm³/mol. The summed E-state index contributed by atoms with van der Waals surface area (Å²) in [6.45, 7) is 1.11. The maximum Gasteiger partial charge on any atom is 0.349 e. The first kappa shape index (κ1) is 22.0. The first-order valence-electron chi connectivity index (χ1n) is 9.63. The number of carbonyl (C=O) groups excluding carboxylic acids is 5. The Bertz CT molecular complexity index is 1290. The van der Waals surface area contributed by atoms with Crippen molar-refractivity contribution in [3.63, 3.8) is 0 Å². The minimum absolute atomic E-state index is 0.131. The molecule has 10 nitrogen and oxygen atoms in total. The van der Waals surface area contributed by atoms with Gasteiger partial charge in [0.1, 0.15) is 4.88 Å². The Labute approximate surface area is 191 Å². The zero-order chi connectivity index (χ0) is 23.7. The molecule has 33 heavy (non-hydrogen) atoms. The summed E-state index contributed by atoms with van der Waals surface area (Å²) in [7, 11) is 1.38. The topological polar surface area (TPSA) is 135 Å². The first-order valence-corrected chi connectivity index (χ1v) is 10.4. The van der Waals surface area contributed by atoms with Crippen molar-refractivity contribution in [2.75, 3.05) is 24.3 Å². The minimum atomic E-state index is -0.720. The lowest BCUT2D eigenvalue weighted by atomic mass is 10.1. The third-order valence-electron chi connectivity index (χ3n) is 4.79. The van der Waals surface area contributed by atoms with Crippen molar-refractivity contribution in [1.29, 1.82) is 0 Å². The van der Waals surface area contributed by atoms with Gasteiger partial charge in [0.25, 0.3) is 23.6 Å². The molecule has 0 atom stereocenters. The van der Waals surface area contributed by atoms with E-state index in [1.54, 1.807) is 19.1 Å². The molecule has 3 heterocycles. The summed E-state index contributed by atoms with van der Waals surface area (Å²) in [5.74, 6) is -2.53. The molecule has 1 aromatic carbocycles. The number of ether oxygens (including phenoxy) is 1. The second kappa shape index (κ2) is 8.71. The highest BCUT2D eigenvalue weighted by molar-refractivity contribution is 7.18. The van der Waals surface area contributed by atoms with Gasteiger partial charge in [-0.3, -0.25) is 24.1 Å². The van der Waals surface area contributed by atoms with Gasteiger partial charge in [-0.05, 0) is 48.9 Å². The number of rotatable bonds is 6. The molecule has 4 rings (SSSR count). The van der Waals surface area contributed by atoms with Gasteiger partial charge in [-0.1, -0.05) is 0 Å². The fourth-order valence-corrected chi connectivity index (χ4v) is 4.12. The van der Waals surface area contributed by atoms with Crippen molar-refractivity contribution >= 4 is 51.6 Å². The fraction of sp³-hybridized carbons (Fsp3) is 0.136. The molecule has 2 aromatic heterocycles. The van der Waals surface area contributed by atoms with Gasteiger partial charge in [-0.2, -0.15) is 0 Å². The van der Waals surface area contributed by atoms with Gasteiger partial charge in [0.2, 0.25) is 0 Å². The number of hydrogen-bond acceptors (Lipinski definition) is 8. The molecule has 168 valence electrons. The summed E-state index contributed by atoms with van der Waals surface area (Å²) in [6.07, 6.45) is 1.38. The van der Waals surface area contributed by atoms with Crippen LogP contribution < -0.4 is 10.6 Å². The van der Waals surface area contributed by atoms with Gasteiger partial charge in [0.05, 0.1) is 22.4 Å². The van der Waals surface area contributed by atoms with Crippen LogP contribution in [0.5, 0.6) is 0 Å². The zero-order valence-corrected chi connectivity index (χ0v) is 18.3. The molecule has 0 radical (unpaired) electrons. The van der Waals surface area contributed by atoms with Crippen LogP contribution in [0.1, 0.15) is 46.5 Å². The molecule has 0 spiro atoms. The van der Waals surface area contributed by atoms with E-state index in [4.69, 9.17) is 9.15 Å². The van der Waals surface area contributed by atoms with E-state index in [2.05, 4.69) is 10.6 Å². The van der Waals surface area contributed by atoms with E-state index in [1.807, 2.05) is 0 Å². The van der Waals surface area contributed by atoms with Gasteiger partial charge in [0, 0.05) is 12.7 Å². The van der Waals surface area contributed by atoms with Gasteiger partial charge in [-0.15, -0.1) is 11.3 Å². The highest BCUT2D eigenvalue weighted by Gasteiger charge is 2.32. The maximum atomic E-state index is 12.4. The first-order chi connectivity index (χ1) is 15.7. The van der Waals surface area contributed by atoms with E-state index in [0.29, 0.717) is 16.3 Å². The third kappa shape index (κ3) is 4.39. The number of carbonyl (C=O) groups is 5. The summed E-state index contributed by atoms with van der Waals surface area (Å²) in [6, 6.07) is 9.05. The number of nitrogens with one attached hydrogen (secondary N) is 2. The predicted octanol–water partition coefficient (Wildman–Crippen LogP) is 2.92. The van der Waals surface area contributed by atoms with Gasteiger partial charge < -0.3 is 19.8 Å². The molecular weight excluding hydrogens is 450 g/mol. The Morgan fingerprint density at radius 1 is 1.06 bits per heavy atom. The number of anilines is 2. The van der Waals surface area contributed by atoms with E-state index in [9.17, 15) is 24.0 Å². The van der Waals surface area contributed by atoms with Crippen LogP contribution in [0.3, 0.4) is 0 Å². The maximum absolute atomic E-state index is 12.4. The highest BCUT2D eigenvalue weighted by Crippen LogP contribution is 2.28. The van der Waals surface area contributed by atoms with Gasteiger partial charge in [-0.25, -0.2) is 4.79 Å². The lowest BCUT2D eigenvalue weighted by Gasteiger charge is -2.07. The standard InChI is InChI=1S/C22H17N3O7S/c1-11-8-17(24-19(27)15-4-3-7-31-15)33-18(11)22(30)32-10-16(26)23-12-5-6-13-14(9-12)21(29)25(2)20(13)28/h3-9H,10H2,1-2H3,(H,23,26)(H,24,27). The summed E-state index contributed by atoms with van der Waals surface area (Å²) in [5, 5.41) is 5.58. The average Bonchev–Trinajstić information content (AvgIpc) is 3.50. The van der Waals surface area contributed by atoms with Crippen molar-refractivity contribution in [1.82, 2.24) is 4.90 Å². The van der Waals surface area contributed by atoms with Crippen LogP contribution >= 0.6 is 11.3 Å². The van der Waals surface area contributed by atoms with E-state index in [1.165, 1.54) is 37.6 Å². The van der Waals surface area contributed by atoms with Crippen LogP contribution in [-0.2, 0) is 9.53 Å². The van der Waals surface area contributed by atoms with Crippen molar-refractivity contribution in [3.8, 4) is 0 Å². The van der Waals surface area contributed by atoms with Crippen LogP contribution in [0.2, 0.25) is 0 Å². The minimum Gasteiger partial charge on any atom is -0.459 e. The van der Waals surface area contributed by atoms with E-state index >= 15 is 0 Å². The molecule has 0 saturated heterocycles. The Morgan fingerprint density at radius 2 is 1.82 bits per heavy atom. The second-order valence-electron chi connectivity index (χ2n) is 7.11. The number of aryl methyl sites for hydroxylation is 1.